The van der Waals surface area contributed by atoms with Crippen LogP contribution in [0.15, 0.2) is 120 Å². The fraction of sp³-hybridized carbons (Fsp3) is 0.0606. The van der Waals surface area contributed by atoms with Crippen LogP contribution >= 0.6 is 0 Å². The highest BCUT2D eigenvalue weighted by atomic mass is 16.5. The van der Waals surface area contributed by atoms with Gasteiger partial charge in [-0.1, -0.05) is 84.3 Å². The number of hydrogen-bond acceptors (Lipinski definition) is 2. The molecule has 0 unspecified atom stereocenters. The van der Waals surface area contributed by atoms with E-state index in [9.17, 15) is 0 Å². The summed E-state index contributed by atoms with van der Waals surface area (Å²) in [6.07, 6.45) is 2.07. The van der Waals surface area contributed by atoms with Crippen molar-refractivity contribution in [3.8, 4) is 33.9 Å². The van der Waals surface area contributed by atoms with Gasteiger partial charge in [0, 0.05) is 12.1 Å². The topological polar surface area (TPSA) is 26.2 Å². The minimum atomic E-state index is -0.0753. The van der Waals surface area contributed by atoms with Crippen LogP contribution in [0.5, 0.6) is 11.5 Å². The predicted octanol–water partition coefficient (Wildman–Crippen LogP) is 5.52. The molecule has 1 aliphatic heterocycles. The number of rotatable bonds is 3. The van der Waals surface area contributed by atoms with E-state index >= 15 is 0 Å². The Morgan fingerprint density at radius 3 is 2.38 bits per heavy atom. The standard InChI is InChI=1S/C33H25BNO2/c1-22-18-19-26-31(30(22)28-16-8-9-20-35(28)2)37-33-32(26)36-29-17-7-6-15-27(29)34(33)25-14-10-13-24(21-25)23-11-4-3-5-12-23/h3-21H,1-2H3/q+1. The van der Waals surface area contributed by atoms with Gasteiger partial charge >= 0.3 is 0 Å². The first-order valence-electron chi connectivity index (χ1n) is 12.6. The zero-order valence-electron chi connectivity index (χ0n) is 20.8. The lowest BCUT2D eigenvalue weighted by atomic mass is 9.38. The summed E-state index contributed by atoms with van der Waals surface area (Å²) in [5.41, 5.74) is 9.77. The number of fused-ring (bicyclic) bond motifs is 4. The van der Waals surface area contributed by atoms with Crippen LogP contribution in [0.2, 0.25) is 0 Å². The molecule has 3 heterocycles. The van der Waals surface area contributed by atoms with Crippen LogP contribution in [0.25, 0.3) is 33.4 Å². The molecule has 37 heavy (non-hydrogen) atoms. The highest BCUT2D eigenvalue weighted by molar-refractivity contribution is 6.96. The Balaban J connectivity index is 1.49. The maximum Gasteiger partial charge on any atom is 0.296 e. The molecule has 4 heteroatoms. The summed E-state index contributed by atoms with van der Waals surface area (Å²) in [5.74, 6) is 1.68. The molecule has 0 aliphatic carbocycles. The summed E-state index contributed by atoms with van der Waals surface area (Å²) in [6, 6.07) is 38.1. The lowest BCUT2D eigenvalue weighted by Crippen LogP contribution is -2.54. The van der Waals surface area contributed by atoms with Crippen molar-refractivity contribution in [2.75, 3.05) is 0 Å². The highest BCUT2D eigenvalue weighted by Gasteiger charge is 2.38. The van der Waals surface area contributed by atoms with E-state index in [0.717, 1.165) is 44.8 Å². The fourth-order valence-electron chi connectivity index (χ4n) is 5.57. The maximum atomic E-state index is 6.84. The number of aromatic nitrogens is 1. The number of nitrogens with zero attached hydrogens (tertiary/aromatic N) is 1. The van der Waals surface area contributed by atoms with E-state index in [1.54, 1.807) is 0 Å². The molecule has 0 atom stereocenters. The van der Waals surface area contributed by atoms with E-state index in [1.807, 2.05) is 12.1 Å². The second-order valence-corrected chi connectivity index (χ2v) is 9.69. The number of hydrogen-bond donors (Lipinski definition) is 0. The summed E-state index contributed by atoms with van der Waals surface area (Å²) in [7, 11) is 2.07. The van der Waals surface area contributed by atoms with Crippen molar-refractivity contribution in [3.05, 3.63) is 121 Å². The molecule has 1 aliphatic rings. The summed E-state index contributed by atoms with van der Waals surface area (Å²) < 4.78 is 15.5. The molecule has 0 N–H and O–H groups in total. The van der Waals surface area contributed by atoms with Gasteiger partial charge in [0.25, 0.3) is 6.71 Å². The first-order valence-corrected chi connectivity index (χ1v) is 12.6. The second-order valence-electron chi connectivity index (χ2n) is 9.69. The predicted molar refractivity (Wildman–Crippen MR) is 151 cm³/mol. The van der Waals surface area contributed by atoms with Crippen LogP contribution in [0.4, 0.5) is 0 Å². The number of benzene rings is 4. The quantitative estimate of drug-likeness (QED) is 0.247. The summed E-state index contributed by atoms with van der Waals surface area (Å²) in [6.45, 7) is 2.06. The third-order valence-electron chi connectivity index (χ3n) is 7.39. The Morgan fingerprint density at radius 2 is 1.51 bits per heavy atom. The van der Waals surface area contributed by atoms with Crippen molar-refractivity contribution in [1.82, 2.24) is 0 Å². The van der Waals surface area contributed by atoms with Crippen molar-refractivity contribution < 1.29 is 13.7 Å². The zero-order chi connectivity index (χ0) is 24.9. The normalized spacial score (nSPS) is 12.2. The molecular formula is C33H25BNO2+. The molecule has 0 saturated carbocycles. The van der Waals surface area contributed by atoms with Gasteiger partial charge in [-0.3, -0.25) is 0 Å². The minimum absolute atomic E-state index is 0.0753. The van der Waals surface area contributed by atoms with Crippen molar-refractivity contribution in [2.24, 2.45) is 7.05 Å². The van der Waals surface area contributed by atoms with Crippen molar-refractivity contribution in [1.29, 1.82) is 0 Å². The van der Waals surface area contributed by atoms with E-state index in [4.69, 9.17) is 9.15 Å². The molecule has 7 rings (SSSR count). The average molecular weight is 478 g/mol. The van der Waals surface area contributed by atoms with Gasteiger partial charge in [-0.25, -0.2) is 4.57 Å². The van der Waals surface area contributed by atoms with E-state index in [-0.39, 0.29) is 6.71 Å². The van der Waals surface area contributed by atoms with Gasteiger partial charge in [-0.05, 0) is 47.3 Å². The number of furan rings is 1. The van der Waals surface area contributed by atoms with Gasteiger partial charge < -0.3 is 9.15 Å². The van der Waals surface area contributed by atoms with Crippen molar-refractivity contribution >= 4 is 34.3 Å². The summed E-state index contributed by atoms with van der Waals surface area (Å²) in [5, 5.41) is 0.998. The van der Waals surface area contributed by atoms with E-state index in [0.29, 0.717) is 0 Å². The molecule has 0 amide bonds. The van der Waals surface area contributed by atoms with Crippen LogP contribution in [0, 0.1) is 6.92 Å². The largest absolute Gasteiger partial charge is 0.465 e. The first kappa shape index (κ1) is 21.7. The van der Waals surface area contributed by atoms with Gasteiger partial charge in [0.05, 0.1) is 10.9 Å². The Hall–Kier alpha value is -4.57. The van der Waals surface area contributed by atoms with Gasteiger partial charge in [0.2, 0.25) is 5.69 Å². The van der Waals surface area contributed by atoms with Crippen LogP contribution in [0.3, 0.4) is 0 Å². The SMILES string of the molecule is Cc1ccc2c3c(oc2c1-c1cccc[n+]1C)B(c1cccc(-c2ccccc2)c1)c1ccccc1O3. The maximum absolute atomic E-state index is 6.84. The minimum Gasteiger partial charge on any atom is -0.465 e. The van der Waals surface area contributed by atoms with Gasteiger partial charge in [-0.2, -0.15) is 0 Å². The number of ether oxygens (including phenoxy) is 1. The molecule has 0 saturated heterocycles. The molecule has 0 fully saturated rings. The fourth-order valence-corrected chi connectivity index (χ4v) is 5.57. The molecule has 0 bridgehead atoms. The Bertz CT molecular complexity index is 1790. The average Bonchev–Trinajstić information content (AvgIpc) is 3.30. The van der Waals surface area contributed by atoms with Crippen molar-refractivity contribution in [3.63, 3.8) is 0 Å². The highest BCUT2D eigenvalue weighted by Crippen LogP contribution is 2.39. The number of para-hydroxylation sites is 1. The number of pyridine rings is 1. The molecule has 176 valence electrons. The molecular weight excluding hydrogens is 453 g/mol. The molecule has 2 aromatic heterocycles. The molecule has 6 aromatic rings. The van der Waals surface area contributed by atoms with E-state index in [1.165, 1.54) is 22.2 Å². The van der Waals surface area contributed by atoms with Gasteiger partial charge in [0.1, 0.15) is 18.5 Å². The molecule has 0 radical (unpaired) electrons. The van der Waals surface area contributed by atoms with Gasteiger partial charge in [-0.15, -0.1) is 0 Å². The van der Waals surface area contributed by atoms with E-state index in [2.05, 4.69) is 122 Å². The van der Waals surface area contributed by atoms with Gasteiger partial charge in [0.15, 0.2) is 17.5 Å². The Morgan fingerprint density at radius 1 is 0.730 bits per heavy atom. The molecule has 4 aromatic carbocycles. The smallest absolute Gasteiger partial charge is 0.296 e. The van der Waals surface area contributed by atoms with Crippen LogP contribution < -0.4 is 25.9 Å². The van der Waals surface area contributed by atoms with Crippen LogP contribution in [0.1, 0.15) is 5.56 Å². The second kappa shape index (κ2) is 8.53. The number of aryl methyl sites for hydroxylation is 2. The summed E-state index contributed by atoms with van der Waals surface area (Å²) in [4.78, 5) is 0. The summed E-state index contributed by atoms with van der Waals surface area (Å²) >= 11 is 0. The Kier molecular flexibility index (Phi) is 5.00. The monoisotopic (exact) mass is 478 g/mol. The third-order valence-corrected chi connectivity index (χ3v) is 7.39. The van der Waals surface area contributed by atoms with Crippen LogP contribution in [-0.4, -0.2) is 6.71 Å². The lowest BCUT2D eigenvalue weighted by Gasteiger charge is -2.23. The first-order chi connectivity index (χ1) is 18.2. The lowest BCUT2D eigenvalue weighted by molar-refractivity contribution is -0.660. The zero-order valence-corrected chi connectivity index (χ0v) is 20.8. The third kappa shape index (κ3) is 3.48. The van der Waals surface area contributed by atoms with Crippen LogP contribution in [-0.2, 0) is 7.05 Å². The van der Waals surface area contributed by atoms with E-state index < -0.39 is 0 Å². The van der Waals surface area contributed by atoms with Crippen molar-refractivity contribution in [2.45, 2.75) is 6.92 Å². The molecule has 0 spiro atoms. The Labute approximate surface area is 216 Å². The molecule has 3 nitrogen and oxygen atoms in total.